The minimum atomic E-state index is -0.523. The summed E-state index contributed by atoms with van der Waals surface area (Å²) in [5.74, 6) is 1.15. The van der Waals surface area contributed by atoms with Crippen molar-refractivity contribution >= 4 is 40.9 Å². The minimum absolute atomic E-state index is 0.0126. The molecule has 2 fully saturated rings. The number of halogens is 2. The van der Waals surface area contributed by atoms with Crippen LogP contribution in [0.4, 0.5) is 0 Å². The molecule has 1 heterocycles. The van der Waals surface area contributed by atoms with E-state index in [0.29, 0.717) is 16.0 Å². The number of nitrogens with zero attached hydrogens (tertiary/aromatic N) is 2. The van der Waals surface area contributed by atoms with Crippen molar-refractivity contribution in [1.29, 1.82) is 0 Å². The highest BCUT2D eigenvalue weighted by molar-refractivity contribution is 8.00. The second-order valence-corrected chi connectivity index (χ2v) is 11.4. The van der Waals surface area contributed by atoms with Gasteiger partial charge in [0, 0.05) is 35.7 Å². The standard InChI is InChI=1S/C25H26Cl2N2O2S/c1-25(2,28-3)32-15-21(16-7-8-16)29-22(30)14-31-24(18-5-4-6-20(27)13-18)23(29)17-9-11-19(26)12-10-17/h4-6,9-13,16,21,23-24H,7-8,14-15H2,1-2H3/t21-,23-,24-/m1/s1. The van der Waals surface area contributed by atoms with Gasteiger partial charge in [-0.2, -0.15) is 0 Å². The zero-order valence-corrected chi connectivity index (χ0v) is 20.5. The molecule has 7 heteroatoms. The second kappa shape index (κ2) is 9.65. The molecule has 0 spiro atoms. The maximum Gasteiger partial charge on any atom is 0.272 e. The molecule has 168 valence electrons. The van der Waals surface area contributed by atoms with Gasteiger partial charge in [-0.05, 0) is 54.2 Å². The van der Waals surface area contributed by atoms with Crippen LogP contribution in [0.3, 0.4) is 0 Å². The first-order valence-corrected chi connectivity index (χ1v) is 12.5. The molecule has 0 radical (unpaired) electrons. The van der Waals surface area contributed by atoms with Crippen molar-refractivity contribution in [3.63, 3.8) is 0 Å². The van der Waals surface area contributed by atoms with Crippen LogP contribution < -0.4 is 0 Å². The van der Waals surface area contributed by atoms with Crippen molar-refractivity contribution in [2.45, 2.75) is 49.7 Å². The largest absolute Gasteiger partial charge is 0.361 e. The predicted molar refractivity (Wildman–Crippen MR) is 131 cm³/mol. The van der Waals surface area contributed by atoms with Crippen LogP contribution >= 0.6 is 35.0 Å². The van der Waals surface area contributed by atoms with E-state index < -0.39 is 4.87 Å². The molecule has 1 aliphatic heterocycles. The number of amides is 1. The Morgan fingerprint density at radius 1 is 1.16 bits per heavy atom. The Bertz CT molecular complexity index is 1020. The topological polar surface area (TPSA) is 33.9 Å². The molecule has 2 aromatic carbocycles. The van der Waals surface area contributed by atoms with Crippen LogP contribution in [0.15, 0.2) is 48.5 Å². The lowest BCUT2D eigenvalue weighted by molar-refractivity contribution is -0.163. The molecule has 2 aliphatic rings. The Kier molecular flexibility index (Phi) is 7.07. The Labute approximate surface area is 204 Å². The summed E-state index contributed by atoms with van der Waals surface area (Å²) in [6, 6.07) is 15.0. The fraction of sp³-hybridized carbons (Fsp3) is 0.440. The van der Waals surface area contributed by atoms with Crippen LogP contribution in [0, 0.1) is 12.5 Å². The Hall–Kier alpha value is -1.71. The molecular weight excluding hydrogens is 463 g/mol. The van der Waals surface area contributed by atoms with Gasteiger partial charge in [-0.1, -0.05) is 59.2 Å². The van der Waals surface area contributed by atoms with Crippen molar-refractivity contribution < 1.29 is 9.53 Å². The van der Waals surface area contributed by atoms with Gasteiger partial charge in [0.05, 0.1) is 6.04 Å². The van der Waals surface area contributed by atoms with E-state index >= 15 is 0 Å². The van der Waals surface area contributed by atoms with Crippen molar-refractivity contribution in [1.82, 2.24) is 4.90 Å². The van der Waals surface area contributed by atoms with Crippen molar-refractivity contribution in [3.8, 4) is 0 Å². The van der Waals surface area contributed by atoms with E-state index in [4.69, 9.17) is 34.5 Å². The molecule has 0 bridgehead atoms. The van der Waals surface area contributed by atoms with E-state index in [-0.39, 0.29) is 30.7 Å². The van der Waals surface area contributed by atoms with Crippen molar-refractivity contribution in [3.05, 3.63) is 81.1 Å². The number of morpholine rings is 1. The lowest BCUT2D eigenvalue weighted by atomic mass is 9.91. The van der Waals surface area contributed by atoms with Gasteiger partial charge < -0.3 is 9.64 Å². The van der Waals surface area contributed by atoms with Crippen LogP contribution in [-0.2, 0) is 9.53 Å². The van der Waals surface area contributed by atoms with Crippen LogP contribution in [0.25, 0.3) is 4.85 Å². The van der Waals surface area contributed by atoms with Crippen molar-refractivity contribution in [2.24, 2.45) is 5.92 Å². The maximum absolute atomic E-state index is 13.3. The Morgan fingerprint density at radius 3 is 2.50 bits per heavy atom. The summed E-state index contributed by atoms with van der Waals surface area (Å²) >= 11 is 14.1. The monoisotopic (exact) mass is 488 g/mol. The van der Waals surface area contributed by atoms with E-state index in [1.807, 2.05) is 67.3 Å². The van der Waals surface area contributed by atoms with Crippen LogP contribution in [-0.4, -0.2) is 34.1 Å². The van der Waals surface area contributed by atoms with Gasteiger partial charge in [0.25, 0.3) is 4.87 Å². The van der Waals surface area contributed by atoms with Gasteiger partial charge >= 0.3 is 0 Å². The van der Waals surface area contributed by atoms with Crippen LogP contribution in [0.2, 0.25) is 10.0 Å². The fourth-order valence-electron chi connectivity index (χ4n) is 4.22. The lowest BCUT2D eigenvalue weighted by Crippen LogP contribution is -2.52. The zero-order valence-electron chi connectivity index (χ0n) is 18.1. The summed E-state index contributed by atoms with van der Waals surface area (Å²) in [6.07, 6.45) is 1.86. The Morgan fingerprint density at radius 2 is 1.88 bits per heavy atom. The summed E-state index contributed by atoms with van der Waals surface area (Å²) in [5, 5.41) is 1.29. The highest BCUT2D eigenvalue weighted by Gasteiger charge is 2.47. The first kappa shape index (κ1) is 23.4. The second-order valence-electron chi connectivity index (χ2n) is 8.86. The molecule has 3 atom stereocenters. The number of hydrogen-bond donors (Lipinski definition) is 0. The number of ether oxygens (including phenoxy) is 1. The van der Waals surface area contributed by atoms with E-state index in [1.165, 1.54) is 0 Å². The third kappa shape index (κ3) is 5.26. The molecule has 2 aromatic rings. The average Bonchev–Trinajstić information content (AvgIpc) is 3.60. The molecular formula is C25H26Cl2N2O2S. The maximum atomic E-state index is 13.3. The predicted octanol–water partition coefficient (Wildman–Crippen LogP) is 6.80. The first-order valence-electron chi connectivity index (χ1n) is 10.8. The molecule has 1 aliphatic carbocycles. The van der Waals surface area contributed by atoms with E-state index in [9.17, 15) is 4.79 Å². The van der Waals surface area contributed by atoms with Gasteiger partial charge in [0.15, 0.2) is 0 Å². The first-order chi connectivity index (χ1) is 15.3. The molecule has 1 saturated carbocycles. The SMILES string of the molecule is [C-]#[N+]C(C)(C)SC[C@H](C1CC1)N1C(=O)CO[C@H](c2cccc(Cl)c2)[C@H]1c1ccc(Cl)cc1. The molecule has 0 aromatic heterocycles. The molecule has 1 amide bonds. The number of thioether (sulfide) groups is 1. The highest BCUT2D eigenvalue weighted by atomic mass is 35.5. The van der Waals surface area contributed by atoms with Gasteiger partial charge in [-0.3, -0.25) is 9.64 Å². The van der Waals surface area contributed by atoms with E-state index in [1.54, 1.807) is 11.8 Å². The summed E-state index contributed by atoms with van der Waals surface area (Å²) in [6.45, 7) is 11.4. The van der Waals surface area contributed by atoms with E-state index in [0.717, 1.165) is 29.7 Å². The van der Waals surface area contributed by atoms with Crippen LogP contribution in [0.1, 0.15) is 50.0 Å². The van der Waals surface area contributed by atoms with Gasteiger partial charge in [0.2, 0.25) is 5.91 Å². The molecule has 32 heavy (non-hydrogen) atoms. The third-order valence-corrected chi connectivity index (χ3v) is 7.84. The Balaban J connectivity index is 1.75. The normalized spacial score (nSPS) is 22.5. The van der Waals surface area contributed by atoms with E-state index in [2.05, 4.69) is 4.85 Å². The summed E-state index contributed by atoms with van der Waals surface area (Å²) < 4.78 is 6.14. The molecule has 4 rings (SSSR count). The number of hydrogen-bond acceptors (Lipinski definition) is 3. The van der Waals surface area contributed by atoms with Gasteiger partial charge in [-0.15, -0.1) is 0 Å². The molecule has 1 saturated heterocycles. The minimum Gasteiger partial charge on any atom is -0.361 e. The number of carbonyl (C=O) groups is 1. The number of carbonyl (C=O) groups excluding carboxylic acids is 1. The smallest absolute Gasteiger partial charge is 0.272 e. The fourth-order valence-corrected chi connectivity index (χ4v) is 5.62. The molecule has 0 unspecified atom stereocenters. The third-order valence-electron chi connectivity index (χ3n) is 6.05. The number of rotatable bonds is 7. The summed E-state index contributed by atoms with van der Waals surface area (Å²) in [5.41, 5.74) is 1.92. The quantitative estimate of drug-likeness (QED) is 0.401. The molecule has 4 nitrogen and oxygen atoms in total. The highest BCUT2D eigenvalue weighted by Crippen LogP contribution is 2.47. The van der Waals surface area contributed by atoms with Crippen LogP contribution in [0.5, 0.6) is 0 Å². The average molecular weight is 489 g/mol. The summed E-state index contributed by atoms with van der Waals surface area (Å²) in [7, 11) is 0. The summed E-state index contributed by atoms with van der Waals surface area (Å²) in [4.78, 5) is 18.6. The lowest BCUT2D eigenvalue weighted by Gasteiger charge is -2.46. The van der Waals surface area contributed by atoms with Gasteiger partial charge in [-0.25, -0.2) is 6.57 Å². The zero-order chi connectivity index (χ0) is 22.9. The van der Waals surface area contributed by atoms with Crippen molar-refractivity contribution in [2.75, 3.05) is 12.4 Å². The molecule has 0 N–H and O–H groups in total. The number of benzene rings is 2. The van der Waals surface area contributed by atoms with Gasteiger partial charge in [0.1, 0.15) is 12.7 Å².